The molecule has 1 nitrogen and oxygen atoms in total. The monoisotopic (exact) mass is 279 g/mol. The highest BCUT2D eigenvalue weighted by Gasteiger charge is 2.05. The van der Waals surface area contributed by atoms with E-state index in [0.29, 0.717) is 0 Å². The Morgan fingerprint density at radius 1 is 1.00 bits per heavy atom. The summed E-state index contributed by atoms with van der Waals surface area (Å²) in [4.78, 5) is 0. The van der Waals surface area contributed by atoms with Crippen LogP contribution >= 0.6 is 23.2 Å². The van der Waals surface area contributed by atoms with Crippen molar-refractivity contribution in [3.63, 3.8) is 0 Å². The minimum Gasteiger partial charge on any atom is -0.328 e. The van der Waals surface area contributed by atoms with Crippen LogP contribution in [-0.2, 0) is 6.42 Å². The molecule has 0 aliphatic carbocycles. The summed E-state index contributed by atoms with van der Waals surface area (Å²) in [6.45, 7) is 1.98. The van der Waals surface area contributed by atoms with Crippen molar-refractivity contribution in [1.29, 1.82) is 0 Å². The van der Waals surface area contributed by atoms with Crippen molar-refractivity contribution in [2.24, 2.45) is 5.73 Å². The molecule has 3 heteroatoms. The zero-order chi connectivity index (χ0) is 13.1. The first kappa shape index (κ1) is 13.4. The van der Waals surface area contributed by atoms with Gasteiger partial charge < -0.3 is 5.73 Å². The molecule has 0 heterocycles. The standard InChI is InChI=1S/C15H15Cl2N/c1-10(18)8-13-3-2-12(9-15(13)17)11-4-6-14(16)7-5-11/h2-7,9-10H,8,18H2,1H3. The molecule has 0 amide bonds. The highest BCUT2D eigenvalue weighted by molar-refractivity contribution is 6.31. The van der Waals surface area contributed by atoms with Crippen LogP contribution in [0.4, 0.5) is 0 Å². The SMILES string of the molecule is CC(N)Cc1ccc(-c2ccc(Cl)cc2)cc1Cl. The second kappa shape index (κ2) is 5.75. The van der Waals surface area contributed by atoms with Gasteiger partial charge in [0, 0.05) is 16.1 Å². The van der Waals surface area contributed by atoms with Gasteiger partial charge in [-0.25, -0.2) is 0 Å². The molecule has 0 spiro atoms. The number of benzene rings is 2. The van der Waals surface area contributed by atoms with E-state index in [2.05, 4.69) is 6.07 Å². The molecule has 2 rings (SSSR count). The molecule has 0 saturated carbocycles. The largest absolute Gasteiger partial charge is 0.328 e. The minimum atomic E-state index is 0.115. The van der Waals surface area contributed by atoms with E-state index in [1.165, 1.54) is 0 Å². The van der Waals surface area contributed by atoms with Gasteiger partial charge in [0.05, 0.1) is 0 Å². The van der Waals surface area contributed by atoms with Gasteiger partial charge >= 0.3 is 0 Å². The van der Waals surface area contributed by atoms with E-state index in [-0.39, 0.29) is 6.04 Å². The highest BCUT2D eigenvalue weighted by atomic mass is 35.5. The molecule has 2 aromatic rings. The summed E-state index contributed by atoms with van der Waals surface area (Å²) in [6, 6.07) is 13.9. The summed E-state index contributed by atoms with van der Waals surface area (Å²) < 4.78 is 0. The molecule has 0 radical (unpaired) electrons. The van der Waals surface area contributed by atoms with E-state index in [1.54, 1.807) is 0 Å². The van der Waals surface area contributed by atoms with Crippen LogP contribution in [0.5, 0.6) is 0 Å². The average Bonchev–Trinajstić information content (AvgIpc) is 2.32. The van der Waals surface area contributed by atoms with Gasteiger partial charge in [-0.05, 0) is 48.2 Å². The Morgan fingerprint density at radius 2 is 1.61 bits per heavy atom. The molecule has 1 unspecified atom stereocenters. The summed E-state index contributed by atoms with van der Waals surface area (Å²) in [5, 5.41) is 1.50. The molecule has 0 bridgehead atoms. The van der Waals surface area contributed by atoms with Crippen LogP contribution in [0, 0.1) is 0 Å². The predicted octanol–water partition coefficient (Wildman–Crippen LogP) is 4.55. The molecule has 1 atom stereocenters. The van der Waals surface area contributed by atoms with Crippen LogP contribution in [0.15, 0.2) is 42.5 Å². The smallest absolute Gasteiger partial charge is 0.0444 e. The second-order valence-corrected chi connectivity index (χ2v) is 5.34. The summed E-state index contributed by atoms with van der Waals surface area (Å²) in [5.41, 5.74) is 9.07. The van der Waals surface area contributed by atoms with E-state index >= 15 is 0 Å². The Kier molecular flexibility index (Phi) is 4.28. The molecule has 0 aromatic heterocycles. The number of hydrogen-bond acceptors (Lipinski definition) is 1. The van der Waals surface area contributed by atoms with Crippen LogP contribution in [0.3, 0.4) is 0 Å². The molecule has 0 saturated heterocycles. The van der Waals surface area contributed by atoms with E-state index in [1.807, 2.05) is 43.3 Å². The number of nitrogens with two attached hydrogens (primary N) is 1. The Hall–Kier alpha value is -1.02. The molecular weight excluding hydrogens is 265 g/mol. The van der Waals surface area contributed by atoms with Gasteiger partial charge in [0.2, 0.25) is 0 Å². The first-order valence-electron chi connectivity index (χ1n) is 5.86. The van der Waals surface area contributed by atoms with Gasteiger partial charge in [0.15, 0.2) is 0 Å². The summed E-state index contributed by atoms with van der Waals surface area (Å²) in [5.74, 6) is 0. The molecule has 18 heavy (non-hydrogen) atoms. The zero-order valence-electron chi connectivity index (χ0n) is 10.2. The number of rotatable bonds is 3. The fraction of sp³-hybridized carbons (Fsp3) is 0.200. The Balaban J connectivity index is 2.31. The van der Waals surface area contributed by atoms with Crippen molar-refractivity contribution in [2.45, 2.75) is 19.4 Å². The summed E-state index contributed by atoms with van der Waals surface area (Å²) >= 11 is 12.1. The maximum absolute atomic E-state index is 6.27. The lowest BCUT2D eigenvalue weighted by atomic mass is 10.0. The first-order valence-corrected chi connectivity index (χ1v) is 6.62. The Labute approximate surface area is 118 Å². The number of halogens is 2. The van der Waals surface area contributed by atoms with Crippen molar-refractivity contribution in [1.82, 2.24) is 0 Å². The molecule has 2 N–H and O–H groups in total. The molecule has 0 aliphatic rings. The molecule has 0 fully saturated rings. The minimum absolute atomic E-state index is 0.115. The van der Waals surface area contributed by atoms with E-state index in [0.717, 1.165) is 33.2 Å². The third-order valence-corrected chi connectivity index (χ3v) is 3.38. The van der Waals surface area contributed by atoms with E-state index in [4.69, 9.17) is 28.9 Å². The fourth-order valence-electron chi connectivity index (χ4n) is 1.88. The predicted molar refractivity (Wildman–Crippen MR) is 79.3 cm³/mol. The maximum Gasteiger partial charge on any atom is 0.0444 e. The van der Waals surface area contributed by atoms with Gasteiger partial charge in [0.25, 0.3) is 0 Å². The third kappa shape index (κ3) is 3.26. The van der Waals surface area contributed by atoms with Gasteiger partial charge in [-0.2, -0.15) is 0 Å². The van der Waals surface area contributed by atoms with Gasteiger partial charge in [-0.3, -0.25) is 0 Å². The first-order chi connectivity index (χ1) is 8.56. The van der Waals surface area contributed by atoms with E-state index in [9.17, 15) is 0 Å². The quantitative estimate of drug-likeness (QED) is 0.877. The highest BCUT2D eigenvalue weighted by Crippen LogP contribution is 2.27. The lowest BCUT2D eigenvalue weighted by Gasteiger charge is -2.09. The summed E-state index contributed by atoms with van der Waals surface area (Å²) in [7, 11) is 0. The van der Waals surface area contributed by atoms with Gasteiger partial charge in [-0.15, -0.1) is 0 Å². The van der Waals surface area contributed by atoms with Crippen LogP contribution in [0.1, 0.15) is 12.5 Å². The second-order valence-electron chi connectivity index (χ2n) is 4.49. The maximum atomic E-state index is 6.27. The van der Waals surface area contributed by atoms with E-state index < -0.39 is 0 Å². The molecule has 94 valence electrons. The fourth-order valence-corrected chi connectivity index (χ4v) is 2.27. The van der Waals surface area contributed by atoms with Crippen molar-refractivity contribution in [3.8, 4) is 11.1 Å². The lowest BCUT2D eigenvalue weighted by molar-refractivity contribution is 0.738. The topological polar surface area (TPSA) is 26.0 Å². The third-order valence-electron chi connectivity index (χ3n) is 2.77. The molecule has 0 aliphatic heterocycles. The van der Waals surface area contributed by atoms with Crippen LogP contribution in [0.25, 0.3) is 11.1 Å². The summed E-state index contributed by atoms with van der Waals surface area (Å²) in [6.07, 6.45) is 0.791. The molecule has 2 aromatic carbocycles. The Bertz CT molecular complexity index is 533. The normalized spacial score (nSPS) is 12.4. The van der Waals surface area contributed by atoms with Crippen LogP contribution in [0.2, 0.25) is 10.0 Å². The van der Waals surface area contributed by atoms with Crippen molar-refractivity contribution < 1.29 is 0 Å². The van der Waals surface area contributed by atoms with Crippen molar-refractivity contribution in [3.05, 3.63) is 58.1 Å². The van der Waals surface area contributed by atoms with Crippen molar-refractivity contribution in [2.75, 3.05) is 0 Å². The number of hydrogen-bond donors (Lipinski definition) is 1. The molecular formula is C15H15Cl2N. The van der Waals surface area contributed by atoms with Gasteiger partial charge in [0.1, 0.15) is 0 Å². The average molecular weight is 280 g/mol. The van der Waals surface area contributed by atoms with Crippen molar-refractivity contribution >= 4 is 23.2 Å². The lowest BCUT2D eigenvalue weighted by Crippen LogP contribution is -2.17. The zero-order valence-corrected chi connectivity index (χ0v) is 11.7. The van der Waals surface area contributed by atoms with Crippen LogP contribution in [-0.4, -0.2) is 6.04 Å². The van der Waals surface area contributed by atoms with Gasteiger partial charge in [-0.1, -0.05) is 47.5 Å². The Morgan fingerprint density at radius 3 is 2.17 bits per heavy atom. The van der Waals surface area contributed by atoms with Crippen LogP contribution < -0.4 is 5.73 Å².